The summed E-state index contributed by atoms with van der Waals surface area (Å²) in [6.07, 6.45) is -0.878. The molecule has 2 aromatic carbocycles. The number of benzene rings is 2. The van der Waals surface area contributed by atoms with Gasteiger partial charge in [-0.15, -0.1) is 0 Å². The third-order valence-corrected chi connectivity index (χ3v) is 8.57. The number of hydrogen-bond donors (Lipinski definition) is 1. The minimum Gasteiger partial charge on any atom is -0.460 e. The van der Waals surface area contributed by atoms with E-state index in [1.165, 1.54) is 0 Å². The Morgan fingerprint density at radius 3 is 2.68 bits per heavy atom. The Morgan fingerprint density at radius 1 is 1.18 bits per heavy atom. The standard InChI is InChI=1S/C27H29NO6/c1-16-9-10-19(13-17(16)2)28-22-21-26(11-12-32-22)20(29)14-25(3,34-26)27(21,23(28)30)24(31)33-15-18-7-5-4-6-8-18/h4-10,13,20-22,29H,11-12,14-15H2,1-3H3/t20-,21-,22-,25+,26-,27+/m0/s1. The van der Waals surface area contributed by atoms with Gasteiger partial charge in [0.15, 0.2) is 5.41 Å². The van der Waals surface area contributed by atoms with Crippen molar-refractivity contribution in [1.82, 2.24) is 0 Å². The molecule has 6 rings (SSSR count). The lowest BCUT2D eigenvalue weighted by Gasteiger charge is -2.46. The maximum absolute atomic E-state index is 14.4. The molecule has 0 radical (unpaired) electrons. The minimum absolute atomic E-state index is 0.0578. The number of ether oxygens (including phenoxy) is 3. The molecule has 7 nitrogen and oxygen atoms in total. The van der Waals surface area contributed by atoms with Crippen molar-refractivity contribution in [1.29, 1.82) is 0 Å². The Morgan fingerprint density at radius 2 is 1.94 bits per heavy atom. The summed E-state index contributed by atoms with van der Waals surface area (Å²) in [6.45, 7) is 6.16. The van der Waals surface area contributed by atoms with Gasteiger partial charge in [0.05, 0.1) is 24.2 Å². The number of anilines is 1. The molecule has 178 valence electrons. The molecule has 4 aliphatic heterocycles. The van der Waals surface area contributed by atoms with Crippen molar-refractivity contribution in [2.45, 2.75) is 63.8 Å². The Hall–Kier alpha value is -2.74. The van der Waals surface area contributed by atoms with Crippen molar-refractivity contribution in [2.24, 2.45) is 11.3 Å². The molecule has 7 heteroatoms. The predicted molar refractivity (Wildman–Crippen MR) is 123 cm³/mol. The maximum Gasteiger partial charge on any atom is 0.325 e. The average Bonchev–Trinajstić information content (AvgIpc) is 3.34. The van der Waals surface area contributed by atoms with Crippen molar-refractivity contribution in [3.05, 3.63) is 65.2 Å². The fraction of sp³-hybridized carbons (Fsp3) is 0.481. The van der Waals surface area contributed by atoms with E-state index < -0.39 is 40.8 Å². The Kier molecular flexibility index (Phi) is 4.57. The molecule has 4 saturated heterocycles. The molecule has 4 fully saturated rings. The Labute approximate surface area is 198 Å². The van der Waals surface area contributed by atoms with Crippen LogP contribution in [0.25, 0.3) is 0 Å². The SMILES string of the molecule is Cc1ccc(N2C(=O)[C@@]3(C(=O)OCc4ccccc4)[C@H]4[C@@H]2OCC[C@@]42O[C@]3(C)C[C@@H]2O)cc1C. The number of aliphatic hydroxyl groups is 1. The van der Waals surface area contributed by atoms with Gasteiger partial charge in [0.25, 0.3) is 0 Å². The molecule has 1 spiro atoms. The summed E-state index contributed by atoms with van der Waals surface area (Å²) in [7, 11) is 0. The molecule has 34 heavy (non-hydrogen) atoms. The maximum atomic E-state index is 14.4. The lowest BCUT2D eigenvalue weighted by molar-refractivity contribution is -0.177. The van der Waals surface area contributed by atoms with Gasteiger partial charge in [0.2, 0.25) is 5.91 Å². The lowest BCUT2D eigenvalue weighted by atomic mass is 9.55. The van der Waals surface area contributed by atoms with Crippen LogP contribution < -0.4 is 4.90 Å². The van der Waals surface area contributed by atoms with Crippen LogP contribution in [0.5, 0.6) is 0 Å². The average molecular weight is 464 g/mol. The largest absolute Gasteiger partial charge is 0.460 e. The second-order valence-electron chi connectivity index (χ2n) is 10.3. The topological polar surface area (TPSA) is 85.3 Å². The third kappa shape index (κ3) is 2.52. The number of hydrogen-bond acceptors (Lipinski definition) is 6. The molecule has 1 N–H and O–H groups in total. The van der Waals surface area contributed by atoms with Crippen molar-refractivity contribution in [3.63, 3.8) is 0 Å². The molecule has 0 aliphatic carbocycles. The highest BCUT2D eigenvalue weighted by Gasteiger charge is 2.88. The number of aliphatic hydroxyl groups excluding tert-OH is 1. The first kappa shape index (κ1) is 21.8. The molecule has 4 heterocycles. The zero-order chi connectivity index (χ0) is 23.9. The lowest BCUT2D eigenvalue weighted by Crippen LogP contribution is -2.63. The first-order valence-electron chi connectivity index (χ1n) is 11.9. The number of carbonyl (C=O) groups is 2. The predicted octanol–water partition coefficient (Wildman–Crippen LogP) is 3.03. The number of aryl methyl sites for hydroxylation is 2. The zero-order valence-electron chi connectivity index (χ0n) is 19.6. The number of fused-ring (bicyclic) bond motifs is 2. The number of esters is 1. The summed E-state index contributed by atoms with van der Waals surface area (Å²) in [5.41, 5.74) is -0.138. The summed E-state index contributed by atoms with van der Waals surface area (Å²) in [5.74, 6) is -1.65. The van der Waals surface area contributed by atoms with E-state index in [2.05, 4.69) is 0 Å². The van der Waals surface area contributed by atoms with Crippen LogP contribution in [0.1, 0.15) is 36.5 Å². The van der Waals surface area contributed by atoms with E-state index in [9.17, 15) is 14.7 Å². The summed E-state index contributed by atoms with van der Waals surface area (Å²) in [4.78, 5) is 30.0. The molecule has 1 amide bonds. The number of amides is 1. The van der Waals surface area contributed by atoms with Crippen molar-refractivity contribution in [3.8, 4) is 0 Å². The molecule has 0 unspecified atom stereocenters. The number of carbonyl (C=O) groups excluding carboxylic acids is 2. The summed E-state index contributed by atoms with van der Waals surface area (Å²) in [5, 5.41) is 11.1. The normalized spacial score (nSPS) is 37.7. The van der Waals surface area contributed by atoms with Gasteiger partial charge in [0.1, 0.15) is 18.4 Å². The van der Waals surface area contributed by atoms with E-state index in [-0.39, 0.29) is 18.9 Å². The van der Waals surface area contributed by atoms with Crippen LogP contribution in [0.3, 0.4) is 0 Å². The summed E-state index contributed by atoms with van der Waals surface area (Å²) in [6, 6.07) is 15.2. The molecule has 4 aliphatic rings. The highest BCUT2D eigenvalue weighted by Crippen LogP contribution is 2.71. The number of rotatable bonds is 4. The molecule has 0 saturated carbocycles. The Balaban J connectivity index is 1.47. The second kappa shape index (κ2) is 7.13. The molecule has 2 bridgehead atoms. The second-order valence-corrected chi connectivity index (χ2v) is 10.3. The summed E-state index contributed by atoms with van der Waals surface area (Å²) < 4.78 is 18.5. The first-order chi connectivity index (χ1) is 16.2. The quantitative estimate of drug-likeness (QED) is 0.554. The van der Waals surface area contributed by atoms with E-state index in [0.29, 0.717) is 18.7 Å². The van der Waals surface area contributed by atoms with Gasteiger partial charge in [-0.3, -0.25) is 14.5 Å². The van der Waals surface area contributed by atoms with Crippen molar-refractivity contribution in [2.75, 3.05) is 11.5 Å². The monoisotopic (exact) mass is 463 g/mol. The van der Waals surface area contributed by atoms with Gasteiger partial charge < -0.3 is 19.3 Å². The van der Waals surface area contributed by atoms with Crippen LogP contribution >= 0.6 is 0 Å². The van der Waals surface area contributed by atoms with Gasteiger partial charge >= 0.3 is 5.97 Å². The highest BCUT2D eigenvalue weighted by molar-refractivity contribution is 6.15. The first-order valence-corrected chi connectivity index (χ1v) is 11.9. The van der Waals surface area contributed by atoms with Crippen molar-refractivity contribution < 1.29 is 28.9 Å². The molecular weight excluding hydrogens is 434 g/mol. The van der Waals surface area contributed by atoms with Gasteiger partial charge in [-0.2, -0.15) is 0 Å². The van der Waals surface area contributed by atoms with Gasteiger partial charge in [-0.05, 0) is 49.6 Å². The van der Waals surface area contributed by atoms with Crippen LogP contribution in [-0.2, 0) is 30.4 Å². The van der Waals surface area contributed by atoms with Gasteiger partial charge in [-0.1, -0.05) is 36.4 Å². The summed E-state index contributed by atoms with van der Waals surface area (Å²) >= 11 is 0. The van der Waals surface area contributed by atoms with Crippen LogP contribution in [0.15, 0.2) is 48.5 Å². The van der Waals surface area contributed by atoms with Crippen LogP contribution in [-0.4, -0.2) is 47.1 Å². The van der Waals surface area contributed by atoms with Crippen LogP contribution in [0.4, 0.5) is 5.69 Å². The van der Waals surface area contributed by atoms with Crippen LogP contribution in [0.2, 0.25) is 0 Å². The van der Waals surface area contributed by atoms with E-state index in [0.717, 1.165) is 16.7 Å². The zero-order valence-corrected chi connectivity index (χ0v) is 19.6. The molecule has 0 aromatic heterocycles. The molecular formula is C27H29NO6. The number of nitrogens with zero attached hydrogens (tertiary/aromatic N) is 1. The van der Waals surface area contributed by atoms with Gasteiger partial charge in [-0.25, -0.2) is 0 Å². The van der Waals surface area contributed by atoms with Crippen LogP contribution in [0, 0.1) is 25.2 Å². The van der Waals surface area contributed by atoms with E-state index in [1.54, 1.807) is 11.8 Å². The Bertz CT molecular complexity index is 1180. The highest BCUT2D eigenvalue weighted by atomic mass is 16.6. The molecule has 2 aromatic rings. The minimum atomic E-state index is -1.59. The fourth-order valence-corrected chi connectivity index (χ4v) is 6.84. The van der Waals surface area contributed by atoms with E-state index in [4.69, 9.17) is 14.2 Å². The molecule has 6 atom stereocenters. The fourth-order valence-electron chi connectivity index (χ4n) is 6.84. The van der Waals surface area contributed by atoms with Gasteiger partial charge in [0, 0.05) is 18.5 Å². The smallest absolute Gasteiger partial charge is 0.325 e. The third-order valence-electron chi connectivity index (χ3n) is 8.57. The van der Waals surface area contributed by atoms with Crippen molar-refractivity contribution >= 4 is 17.6 Å². The van der Waals surface area contributed by atoms with E-state index in [1.807, 2.05) is 62.4 Å². The van der Waals surface area contributed by atoms with E-state index >= 15 is 0 Å².